The van der Waals surface area contributed by atoms with Crippen LogP contribution in [0.1, 0.15) is 67.1 Å². The Bertz CT molecular complexity index is 1250. The van der Waals surface area contributed by atoms with E-state index in [-0.39, 0.29) is 5.91 Å². The number of hydrogen-bond acceptors (Lipinski definition) is 6. The lowest BCUT2D eigenvalue weighted by molar-refractivity contribution is 0.0962. The molecule has 2 aliphatic heterocycles. The van der Waals surface area contributed by atoms with Crippen molar-refractivity contribution in [3.8, 4) is 5.75 Å². The SMILES string of the molecule is CCc1cc(CCc2cc(C(=O)NC)cc(OC)c2Cl)cnc1N=C1C=CCC(C)N(CC2CCN(CC)CC2)C1. The zero-order valence-corrected chi connectivity index (χ0v) is 26.1. The molecule has 1 amide bonds. The van der Waals surface area contributed by atoms with Crippen LogP contribution in [0.5, 0.6) is 5.75 Å². The molecule has 1 atom stereocenters. The minimum absolute atomic E-state index is 0.165. The summed E-state index contributed by atoms with van der Waals surface area (Å²) in [4.78, 5) is 27.3. The minimum atomic E-state index is -0.165. The Hall–Kier alpha value is -2.74. The highest BCUT2D eigenvalue weighted by Gasteiger charge is 2.25. The summed E-state index contributed by atoms with van der Waals surface area (Å²) in [7, 11) is 3.18. The van der Waals surface area contributed by atoms with Crippen LogP contribution in [-0.4, -0.2) is 79.3 Å². The molecule has 8 heteroatoms. The number of carbonyl (C=O) groups excluding carboxylic acids is 1. The smallest absolute Gasteiger partial charge is 0.251 e. The zero-order chi connectivity index (χ0) is 29.4. The van der Waals surface area contributed by atoms with Gasteiger partial charge in [-0.15, -0.1) is 0 Å². The number of aryl methyl sites for hydroxylation is 3. The summed E-state index contributed by atoms with van der Waals surface area (Å²) in [5, 5.41) is 3.21. The lowest BCUT2D eigenvalue weighted by atomic mass is 9.95. The molecule has 2 aliphatic rings. The number of nitrogens with one attached hydrogen (secondary N) is 1. The van der Waals surface area contributed by atoms with Gasteiger partial charge in [0.15, 0.2) is 5.82 Å². The number of carbonyl (C=O) groups is 1. The number of rotatable bonds is 10. The van der Waals surface area contributed by atoms with Crippen molar-refractivity contribution in [2.24, 2.45) is 10.9 Å². The standard InChI is InChI=1S/C33H46ClN5O2/c1-6-26-17-25(11-12-27-18-28(33(40)35-4)19-30(41-5)31(27)34)20-36-32(26)37-29-10-8-9-23(3)39(22-29)21-24-13-15-38(7-2)16-14-24/h8,10,17-20,23-24H,6-7,9,11-16,21-22H2,1-5H3,(H,35,40). The molecule has 1 aromatic carbocycles. The van der Waals surface area contributed by atoms with Crippen molar-refractivity contribution >= 4 is 29.0 Å². The Labute approximate surface area is 251 Å². The molecule has 1 saturated heterocycles. The molecule has 1 aromatic heterocycles. The Kier molecular flexibility index (Phi) is 11.4. The topological polar surface area (TPSA) is 70.1 Å². The van der Waals surface area contributed by atoms with Crippen molar-refractivity contribution in [1.82, 2.24) is 20.1 Å². The van der Waals surface area contributed by atoms with Crippen LogP contribution in [0.2, 0.25) is 5.02 Å². The number of methoxy groups -OCH3 is 1. The molecule has 0 spiro atoms. The first-order chi connectivity index (χ1) is 19.8. The lowest BCUT2D eigenvalue weighted by Gasteiger charge is -2.36. The fourth-order valence-electron chi connectivity index (χ4n) is 5.83. The van der Waals surface area contributed by atoms with E-state index in [4.69, 9.17) is 26.3 Å². The summed E-state index contributed by atoms with van der Waals surface area (Å²) < 4.78 is 5.42. The molecular formula is C33H46ClN5O2. The normalized spacial score (nSPS) is 19.9. The van der Waals surface area contributed by atoms with E-state index in [1.54, 1.807) is 20.2 Å². The van der Waals surface area contributed by atoms with Gasteiger partial charge in [-0.2, -0.15) is 0 Å². The predicted octanol–water partition coefficient (Wildman–Crippen LogP) is 5.91. The highest BCUT2D eigenvalue weighted by atomic mass is 35.5. The largest absolute Gasteiger partial charge is 0.495 e. The quantitative estimate of drug-likeness (QED) is 0.379. The Morgan fingerprint density at radius 3 is 2.63 bits per heavy atom. The Morgan fingerprint density at radius 2 is 1.95 bits per heavy atom. The second-order valence-electron chi connectivity index (χ2n) is 11.3. The summed E-state index contributed by atoms with van der Waals surface area (Å²) in [5.41, 5.74) is 4.76. The summed E-state index contributed by atoms with van der Waals surface area (Å²) in [5.74, 6) is 1.91. The van der Waals surface area contributed by atoms with E-state index >= 15 is 0 Å². The molecule has 2 aromatic rings. The van der Waals surface area contributed by atoms with Gasteiger partial charge in [-0.1, -0.05) is 37.6 Å². The van der Waals surface area contributed by atoms with Gasteiger partial charge >= 0.3 is 0 Å². The molecule has 1 fully saturated rings. The number of pyridine rings is 1. The molecule has 7 nitrogen and oxygen atoms in total. The van der Waals surface area contributed by atoms with Crippen LogP contribution in [-0.2, 0) is 19.3 Å². The number of likely N-dealkylation sites (tertiary alicyclic amines) is 1. The van der Waals surface area contributed by atoms with Crippen molar-refractivity contribution in [3.05, 3.63) is 63.8 Å². The van der Waals surface area contributed by atoms with Gasteiger partial charge in [-0.3, -0.25) is 9.69 Å². The third-order valence-corrected chi connectivity index (χ3v) is 8.99. The Balaban J connectivity index is 1.46. The first-order valence-electron chi connectivity index (χ1n) is 15.1. The minimum Gasteiger partial charge on any atom is -0.495 e. The number of amides is 1. The monoisotopic (exact) mass is 579 g/mol. The average Bonchev–Trinajstić information content (AvgIpc) is 3.17. The number of ether oxygens (including phenoxy) is 1. The number of hydrogen-bond donors (Lipinski definition) is 1. The highest BCUT2D eigenvalue weighted by molar-refractivity contribution is 6.33. The fourth-order valence-corrected chi connectivity index (χ4v) is 6.11. The van der Waals surface area contributed by atoms with Crippen LogP contribution < -0.4 is 10.1 Å². The maximum absolute atomic E-state index is 12.2. The number of aromatic nitrogens is 1. The first-order valence-corrected chi connectivity index (χ1v) is 15.5. The second kappa shape index (κ2) is 14.9. The van der Waals surface area contributed by atoms with Crippen molar-refractivity contribution < 1.29 is 9.53 Å². The van der Waals surface area contributed by atoms with E-state index in [1.807, 2.05) is 12.3 Å². The number of halogens is 1. The van der Waals surface area contributed by atoms with E-state index in [9.17, 15) is 4.79 Å². The van der Waals surface area contributed by atoms with E-state index < -0.39 is 0 Å². The van der Waals surface area contributed by atoms with E-state index in [0.29, 0.717) is 28.8 Å². The molecule has 1 N–H and O–H groups in total. The maximum atomic E-state index is 12.2. The third kappa shape index (κ3) is 8.18. The molecule has 222 valence electrons. The lowest BCUT2D eigenvalue weighted by Crippen LogP contribution is -2.42. The van der Waals surface area contributed by atoms with Gasteiger partial charge in [0.1, 0.15) is 5.75 Å². The van der Waals surface area contributed by atoms with Crippen LogP contribution in [0.25, 0.3) is 0 Å². The van der Waals surface area contributed by atoms with Crippen LogP contribution in [0.3, 0.4) is 0 Å². The number of piperidine rings is 1. The second-order valence-corrected chi connectivity index (χ2v) is 11.7. The van der Waals surface area contributed by atoms with E-state index in [1.165, 1.54) is 25.9 Å². The summed E-state index contributed by atoms with van der Waals surface area (Å²) in [6.45, 7) is 12.4. The Morgan fingerprint density at radius 1 is 1.17 bits per heavy atom. The molecule has 0 saturated carbocycles. The molecular weight excluding hydrogens is 534 g/mol. The summed E-state index contributed by atoms with van der Waals surface area (Å²) >= 11 is 6.59. The predicted molar refractivity (Wildman–Crippen MR) is 169 cm³/mol. The average molecular weight is 580 g/mol. The molecule has 3 heterocycles. The molecule has 1 unspecified atom stereocenters. The van der Waals surface area contributed by atoms with Gasteiger partial charge in [-0.05, 0) is 106 Å². The van der Waals surface area contributed by atoms with Crippen molar-refractivity contribution in [1.29, 1.82) is 0 Å². The third-order valence-electron chi connectivity index (χ3n) is 8.56. The molecule has 41 heavy (non-hydrogen) atoms. The fraction of sp³-hybridized carbons (Fsp3) is 0.545. The van der Waals surface area contributed by atoms with Gasteiger partial charge in [0.25, 0.3) is 5.91 Å². The first kappa shape index (κ1) is 31.2. The van der Waals surface area contributed by atoms with Gasteiger partial charge < -0.3 is 15.0 Å². The van der Waals surface area contributed by atoms with Gasteiger partial charge in [-0.25, -0.2) is 9.98 Å². The summed E-state index contributed by atoms with van der Waals surface area (Å²) in [6.07, 6.45) is 12.3. The number of nitrogens with zero attached hydrogens (tertiary/aromatic N) is 4. The van der Waals surface area contributed by atoms with E-state index in [2.05, 4.69) is 54.1 Å². The van der Waals surface area contributed by atoms with Crippen LogP contribution >= 0.6 is 11.6 Å². The number of aliphatic imine (C=N–C) groups is 1. The van der Waals surface area contributed by atoms with Gasteiger partial charge in [0, 0.05) is 37.9 Å². The van der Waals surface area contributed by atoms with Crippen LogP contribution in [0.4, 0.5) is 5.82 Å². The summed E-state index contributed by atoms with van der Waals surface area (Å²) in [6, 6.07) is 6.24. The van der Waals surface area contributed by atoms with Crippen LogP contribution in [0.15, 0.2) is 41.5 Å². The molecule has 0 bridgehead atoms. The molecule has 0 aliphatic carbocycles. The molecule has 0 radical (unpaired) electrons. The van der Waals surface area contributed by atoms with Crippen LogP contribution in [0, 0.1) is 5.92 Å². The van der Waals surface area contributed by atoms with Gasteiger partial charge in [0.05, 0.1) is 17.8 Å². The van der Waals surface area contributed by atoms with Crippen molar-refractivity contribution in [2.75, 3.05) is 46.9 Å². The van der Waals surface area contributed by atoms with Crippen molar-refractivity contribution in [3.63, 3.8) is 0 Å². The zero-order valence-electron chi connectivity index (χ0n) is 25.4. The van der Waals surface area contributed by atoms with Gasteiger partial charge in [0.2, 0.25) is 0 Å². The highest BCUT2D eigenvalue weighted by Crippen LogP contribution is 2.31. The maximum Gasteiger partial charge on any atom is 0.251 e. The van der Waals surface area contributed by atoms with Crippen molar-refractivity contribution in [2.45, 2.75) is 65.3 Å². The molecule has 4 rings (SSSR count). The van der Waals surface area contributed by atoms with E-state index in [0.717, 1.165) is 73.0 Å². The number of benzene rings is 1.